The number of carbonyl (C=O) groups excluding carboxylic acids is 1. The van der Waals surface area contributed by atoms with E-state index in [1.807, 2.05) is 0 Å². The first kappa shape index (κ1) is 16.8. The van der Waals surface area contributed by atoms with Gasteiger partial charge in [-0.2, -0.15) is 0 Å². The Hall–Kier alpha value is -0.570. The van der Waals surface area contributed by atoms with Crippen LogP contribution < -0.4 is 5.32 Å². The highest BCUT2D eigenvalue weighted by Crippen LogP contribution is 2.40. The van der Waals surface area contributed by atoms with E-state index in [1.165, 1.54) is 6.42 Å². The Bertz CT molecular complexity index is 345. The van der Waals surface area contributed by atoms with Crippen molar-refractivity contribution in [2.75, 3.05) is 6.61 Å². The van der Waals surface area contributed by atoms with Crippen LogP contribution in [-0.2, 0) is 4.79 Å². The fraction of sp³-hybridized carbons (Fsp3) is 0.944. The Morgan fingerprint density at radius 3 is 2.14 bits per heavy atom. The molecule has 0 unspecified atom stereocenters. The highest BCUT2D eigenvalue weighted by molar-refractivity contribution is 5.79. The quantitative estimate of drug-likeness (QED) is 0.835. The summed E-state index contributed by atoms with van der Waals surface area (Å²) in [6, 6.07) is 0. The van der Waals surface area contributed by atoms with Crippen molar-refractivity contribution in [1.29, 1.82) is 0 Å². The van der Waals surface area contributed by atoms with Gasteiger partial charge in [0.15, 0.2) is 0 Å². The fourth-order valence-corrected chi connectivity index (χ4v) is 4.14. The summed E-state index contributed by atoms with van der Waals surface area (Å²) in [5.74, 6) is 1.09. The number of amides is 1. The smallest absolute Gasteiger partial charge is 0.223 e. The minimum atomic E-state index is -0.323. The van der Waals surface area contributed by atoms with Crippen molar-refractivity contribution < 1.29 is 9.90 Å². The summed E-state index contributed by atoms with van der Waals surface area (Å²) in [6.07, 6.45) is 9.69. The van der Waals surface area contributed by atoms with Gasteiger partial charge in [0.05, 0.1) is 12.1 Å². The summed E-state index contributed by atoms with van der Waals surface area (Å²) in [6.45, 7) is 7.01. The van der Waals surface area contributed by atoms with Crippen molar-refractivity contribution in [2.24, 2.45) is 17.3 Å². The average Bonchev–Trinajstić information content (AvgIpc) is 2.47. The van der Waals surface area contributed by atoms with E-state index in [1.54, 1.807) is 0 Å². The van der Waals surface area contributed by atoms with Crippen molar-refractivity contribution in [3.63, 3.8) is 0 Å². The minimum Gasteiger partial charge on any atom is -0.394 e. The molecular formula is C18H33NO2. The molecule has 21 heavy (non-hydrogen) atoms. The van der Waals surface area contributed by atoms with Gasteiger partial charge < -0.3 is 10.4 Å². The molecule has 2 rings (SSSR count). The van der Waals surface area contributed by atoms with Crippen LogP contribution in [0, 0.1) is 17.3 Å². The molecule has 2 aliphatic rings. The first-order valence-corrected chi connectivity index (χ1v) is 8.79. The van der Waals surface area contributed by atoms with Crippen LogP contribution >= 0.6 is 0 Å². The summed E-state index contributed by atoms with van der Waals surface area (Å²) in [5.41, 5.74) is 0.0351. The van der Waals surface area contributed by atoms with Crippen LogP contribution in [0.5, 0.6) is 0 Å². The minimum absolute atomic E-state index is 0.0933. The molecule has 3 nitrogen and oxygen atoms in total. The van der Waals surface area contributed by atoms with Crippen molar-refractivity contribution in [3.05, 3.63) is 0 Å². The van der Waals surface area contributed by atoms with Gasteiger partial charge in [-0.15, -0.1) is 0 Å². The predicted molar refractivity (Wildman–Crippen MR) is 85.9 cm³/mol. The number of aliphatic hydroxyl groups is 1. The van der Waals surface area contributed by atoms with Crippen molar-refractivity contribution in [3.8, 4) is 0 Å². The molecule has 0 aromatic heterocycles. The predicted octanol–water partition coefficient (Wildman–Crippen LogP) is 3.65. The van der Waals surface area contributed by atoms with Crippen LogP contribution in [0.1, 0.15) is 78.6 Å². The first-order chi connectivity index (χ1) is 9.86. The molecule has 0 aromatic rings. The van der Waals surface area contributed by atoms with Crippen LogP contribution in [0.2, 0.25) is 0 Å². The topological polar surface area (TPSA) is 49.3 Å². The van der Waals surface area contributed by atoms with Gasteiger partial charge in [0.2, 0.25) is 5.91 Å². The number of carbonyl (C=O) groups is 1. The van der Waals surface area contributed by atoms with Gasteiger partial charge in [-0.05, 0) is 49.9 Å². The lowest BCUT2D eigenvalue weighted by Crippen LogP contribution is -2.54. The summed E-state index contributed by atoms with van der Waals surface area (Å²) < 4.78 is 0. The third-order valence-corrected chi connectivity index (χ3v) is 5.82. The lowest BCUT2D eigenvalue weighted by atomic mass is 9.69. The van der Waals surface area contributed by atoms with E-state index in [4.69, 9.17) is 0 Å². The number of hydrogen-bond donors (Lipinski definition) is 2. The summed E-state index contributed by atoms with van der Waals surface area (Å²) >= 11 is 0. The SMILES string of the molecule is CC(C)(C)C1CCC(C(=O)NC2(CO)CCCCC2)CC1. The number of rotatable bonds is 3. The maximum Gasteiger partial charge on any atom is 0.223 e. The summed E-state index contributed by atoms with van der Waals surface area (Å²) in [5, 5.41) is 12.9. The molecule has 0 spiro atoms. The Morgan fingerprint density at radius 1 is 1.10 bits per heavy atom. The standard InChI is InChI=1S/C18H33NO2/c1-17(2,3)15-9-7-14(8-10-15)16(21)19-18(13-20)11-5-4-6-12-18/h14-15,20H,4-13H2,1-3H3,(H,19,21). The fourth-order valence-electron chi connectivity index (χ4n) is 4.14. The molecule has 2 saturated carbocycles. The van der Waals surface area contributed by atoms with E-state index in [-0.39, 0.29) is 24.0 Å². The Labute approximate surface area is 129 Å². The highest BCUT2D eigenvalue weighted by atomic mass is 16.3. The molecule has 2 fully saturated rings. The highest BCUT2D eigenvalue weighted by Gasteiger charge is 2.37. The molecule has 2 aliphatic carbocycles. The van der Waals surface area contributed by atoms with Crippen LogP contribution in [0.25, 0.3) is 0 Å². The monoisotopic (exact) mass is 295 g/mol. The first-order valence-electron chi connectivity index (χ1n) is 8.79. The second-order valence-electron chi connectivity index (χ2n) is 8.40. The molecule has 0 radical (unpaired) electrons. The number of aliphatic hydroxyl groups excluding tert-OH is 1. The zero-order valence-corrected chi connectivity index (χ0v) is 14.1. The molecule has 0 aromatic carbocycles. The molecule has 0 aliphatic heterocycles. The summed E-state index contributed by atoms with van der Waals surface area (Å²) in [4.78, 5) is 12.6. The molecule has 3 heteroatoms. The third-order valence-electron chi connectivity index (χ3n) is 5.82. The van der Waals surface area contributed by atoms with Crippen molar-refractivity contribution >= 4 is 5.91 Å². The van der Waals surface area contributed by atoms with E-state index in [2.05, 4.69) is 26.1 Å². The van der Waals surface area contributed by atoms with Gasteiger partial charge in [0, 0.05) is 5.92 Å². The molecule has 2 N–H and O–H groups in total. The Kier molecular flexibility index (Phi) is 5.34. The molecule has 0 heterocycles. The normalized spacial score (nSPS) is 29.9. The zero-order valence-electron chi connectivity index (χ0n) is 14.1. The number of hydrogen-bond acceptors (Lipinski definition) is 2. The summed E-state index contributed by atoms with van der Waals surface area (Å²) in [7, 11) is 0. The molecule has 0 atom stereocenters. The lowest BCUT2D eigenvalue weighted by Gasteiger charge is -2.40. The largest absolute Gasteiger partial charge is 0.394 e. The third kappa shape index (κ3) is 4.21. The number of nitrogens with one attached hydrogen (secondary N) is 1. The van der Waals surface area contributed by atoms with Crippen LogP contribution in [0.4, 0.5) is 0 Å². The van der Waals surface area contributed by atoms with Gasteiger partial charge >= 0.3 is 0 Å². The van der Waals surface area contributed by atoms with Gasteiger partial charge in [-0.25, -0.2) is 0 Å². The van der Waals surface area contributed by atoms with E-state index < -0.39 is 0 Å². The van der Waals surface area contributed by atoms with E-state index >= 15 is 0 Å². The van der Waals surface area contributed by atoms with Crippen LogP contribution in [0.15, 0.2) is 0 Å². The Balaban J connectivity index is 1.87. The van der Waals surface area contributed by atoms with E-state index in [0.29, 0.717) is 5.41 Å². The molecule has 1 amide bonds. The van der Waals surface area contributed by atoms with Crippen molar-refractivity contribution in [1.82, 2.24) is 5.32 Å². The van der Waals surface area contributed by atoms with E-state index in [9.17, 15) is 9.90 Å². The van der Waals surface area contributed by atoms with Crippen LogP contribution in [-0.4, -0.2) is 23.2 Å². The molecule has 0 saturated heterocycles. The maximum atomic E-state index is 12.6. The second kappa shape index (κ2) is 6.68. The molecular weight excluding hydrogens is 262 g/mol. The maximum absolute atomic E-state index is 12.6. The molecule has 122 valence electrons. The average molecular weight is 295 g/mol. The molecule has 0 bridgehead atoms. The van der Waals surface area contributed by atoms with Gasteiger partial charge in [0.1, 0.15) is 0 Å². The lowest BCUT2D eigenvalue weighted by molar-refractivity contribution is -0.129. The second-order valence-corrected chi connectivity index (χ2v) is 8.40. The van der Waals surface area contributed by atoms with E-state index in [0.717, 1.165) is 57.3 Å². The van der Waals surface area contributed by atoms with Gasteiger partial charge in [0.25, 0.3) is 0 Å². The van der Waals surface area contributed by atoms with Gasteiger partial charge in [-0.1, -0.05) is 40.0 Å². The van der Waals surface area contributed by atoms with Crippen molar-refractivity contribution in [2.45, 2.75) is 84.1 Å². The van der Waals surface area contributed by atoms with Crippen LogP contribution in [0.3, 0.4) is 0 Å². The van der Waals surface area contributed by atoms with Gasteiger partial charge in [-0.3, -0.25) is 4.79 Å². The zero-order chi connectivity index (χ0) is 15.5. The Morgan fingerprint density at radius 2 is 1.67 bits per heavy atom.